The number of alkyl carbamates (subject to hydrolysis) is 1. The molecule has 1 heterocycles. The zero-order valence-corrected chi connectivity index (χ0v) is 14.2. The number of fused-ring (bicyclic) bond motifs is 1. The van der Waals surface area contributed by atoms with Gasteiger partial charge in [0.15, 0.2) is 6.04 Å². The van der Waals surface area contributed by atoms with E-state index in [2.05, 4.69) is 10.4 Å². The third-order valence-corrected chi connectivity index (χ3v) is 4.13. The largest absolute Gasteiger partial charge is 0.480 e. The summed E-state index contributed by atoms with van der Waals surface area (Å²) in [5.74, 6) is -1.16. The van der Waals surface area contributed by atoms with Crippen molar-refractivity contribution in [1.82, 2.24) is 15.1 Å². The number of carbonyl (C=O) groups excluding carboxylic acids is 1. The van der Waals surface area contributed by atoms with E-state index in [1.54, 1.807) is 17.8 Å². The number of hydrogen-bond acceptors (Lipinski definition) is 4. The maximum absolute atomic E-state index is 12.0. The van der Waals surface area contributed by atoms with Gasteiger partial charge in [-0.05, 0) is 18.6 Å². The van der Waals surface area contributed by atoms with Gasteiger partial charge in [-0.25, -0.2) is 9.59 Å². The maximum Gasteiger partial charge on any atom is 0.408 e. The van der Waals surface area contributed by atoms with Crippen LogP contribution < -0.4 is 5.32 Å². The van der Waals surface area contributed by atoms with E-state index in [0.717, 1.165) is 16.5 Å². The third kappa shape index (κ3) is 3.83. The lowest BCUT2D eigenvalue weighted by atomic mass is 10.1. The second-order valence-corrected chi connectivity index (χ2v) is 5.91. The number of nitrogens with one attached hydrogen (secondary N) is 1. The van der Waals surface area contributed by atoms with Crippen molar-refractivity contribution in [1.29, 1.82) is 0 Å². The molecule has 7 heteroatoms. The molecule has 26 heavy (non-hydrogen) atoms. The van der Waals surface area contributed by atoms with Crippen LogP contribution >= 0.6 is 0 Å². The van der Waals surface area contributed by atoms with Crippen LogP contribution in [0.15, 0.2) is 60.8 Å². The van der Waals surface area contributed by atoms with Crippen LogP contribution in [0.3, 0.4) is 0 Å². The first-order valence-electron chi connectivity index (χ1n) is 8.18. The highest BCUT2D eigenvalue weighted by Gasteiger charge is 2.29. The molecule has 0 spiro atoms. The number of nitrogens with zero attached hydrogens (tertiary/aromatic N) is 2. The van der Waals surface area contributed by atoms with Crippen LogP contribution in [-0.4, -0.2) is 33.0 Å². The fourth-order valence-electron chi connectivity index (χ4n) is 2.74. The van der Waals surface area contributed by atoms with Crippen LogP contribution in [-0.2, 0) is 16.1 Å². The van der Waals surface area contributed by atoms with Crippen molar-refractivity contribution in [3.05, 3.63) is 66.4 Å². The van der Waals surface area contributed by atoms with Gasteiger partial charge in [-0.3, -0.25) is 4.68 Å². The van der Waals surface area contributed by atoms with Crippen LogP contribution in [0, 0.1) is 0 Å². The van der Waals surface area contributed by atoms with Gasteiger partial charge >= 0.3 is 12.1 Å². The molecule has 0 saturated heterocycles. The lowest BCUT2D eigenvalue weighted by Crippen LogP contribution is -2.46. The molecular formula is C19H19N3O4. The van der Waals surface area contributed by atoms with Gasteiger partial charge in [-0.2, -0.15) is 5.10 Å². The van der Waals surface area contributed by atoms with Gasteiger partial charge < -0.3 is 15.2 Å². The summed E-state index contributed by atoms with van der Waals surface area (Å²) in [5.41, 5.74) is 1.62. The van der Waals surface area contributed by atoms with Gasteiger partial charge in [0.2, 0.25) is 0 Å². The summed E-state index contributed by atoms with van der Waals surface area (Å²) in [6, 6.07) is 14.9. The number of aromatic nitrogens is 2. The zero-order chi connectivity index (χ0) is 18.5. The molecule has 7 nitrogen and oxygen atoms in total. The number of para-hydroxylation sites is 1. The summed E-state index contributed by atoms with van der Waals surface area (Å²) < 4.78 is 6.71. The molecule has 0 aliphatic heterocycles. The number of benzene rings is 2. The van der Waals surface area contributed by atoms with Crippen molar-refractivity contribution in [2.24, 2.45) is 0 Å². The molecular weight excluding hydrogens is 334 g/mol. The Balaban J connectivity index is 1.70. The second kappa shape index (κ2) is 7.69. The number of amides is 1. The van der Waals surface area contributed by atoms with Crippen molar-refractivity contribution in [3.8, 4) is 0 Å². The molecule has 2 aromatic carbocycles. The first-order valence-corrected chi connectivity index (χ1v) is 8.18. The lowest BCUT2D eigenvalue weighted by molar-refractivity contribution is -0.140. The number of carboxylic acid groups (broad SMARTS) is 1. The number of carbonyl (C=O) groups is 2. The monoisotopic (exact) mass is 353 g/mol. The molecule has 134 valence electrons. The number of ether oxygens (including phenoxy) is 1. The molecule has 2 unspecified atom stereocenters. The Bertz CT molecular complexity index is 907. The minimum Gasteiger partial charge on any atom is -0.480 e. The Hall–Kier alpha value is -3.35. The Morgan fingerprint density at radius 3 is 2.58 bits per heavy atom. The predicted molar refractivity (Wildman–Crippen MR) is 95.6 cm³/mol. The van der Waals surface area contributed by atoms with Crippen LogP contribution in [0.4, 0.5) is 4.79 Å². The summed E-state index contributed by atoms with van der Waals surface area (Å²) in [6.07, 6.45) is 0.878. The van der Waals surface area contributed by atoms with Crippen LogP contribution in [0.1, 0.15) is 18.5 Å². The SMILES string of the molecule is CC(C(NC(=O)OCc1ccccc1)C(=O)O)n1ncc2ccccc21. The highest BCUT2D eigenvalue weighted by Crippen LogP contribution is 2.20. The molecule has 0 aliphatic rings. The van der Waals surface area contributed by atoms with Crippen LogP contribution in [0.2, 0.25) is 0 Å². The van der Waals surface area contributed by atoms with E-state index >= 15 is 0 Å². The van der Waals surface area contributed by atoms with E-state index in [4.69, 9.17) is 4.74 Å². The number of rotatable bonds is 6. The molecule has 2 N–H and O–H groups in total. The second-order valence-electron chi connectivity index (χ2n) is 5.91. The molecule has 2 atom stereocenters. The van der Waals surface area contributed by atoms with E-state index in [0.29, 0.717) is 0 Å². The fraction of sp³-hybridized carbons (Fsp3) is 0.211. The molecule has 0 saturated carbocycles. The summed E-state index contributed by atoms with van der Waals surface area (Å²) in [5, 5.41) is 17.1. The van der Waals surface area contributed by atoms with E-state index in [-0.39, 0.29) is 6.61 Å². The van der Waals surface area contributed by atoms with Crippen molar-refractivity contribution < 1.29 is 19.4 Å². The Kier molecular flexibility index (Phi) is 5.17. The fourth-order valence-corrected chi connectivity index (χ4v) is 2.74. The predicted octanol–water partition coefficient (Wildman–Crippen LogP) is 2.98. The average molecular weight is 353 g/mol. The van der Waals surface area contributed by atoms with Crippen molar-refractivity contribution in [2.45, 2.75) is 25.6 Å². The Labute approximate surface area is 150 Å². The first kappa shape index (κ1) is 17.5. The van der Waals surface area contributed by atoms with E-state index in [9.17, 15) is 14.7 Å². The molecule has 1 aromatic heterocycles. The molecule has 0 radical (unpaired) electrons. The minimum atomic E-state index is -1.18. The van der Waals surface area contributed by atoms with Gasteiger partial charge in [-0.1, -0.05) is 48.5 Å². The minimum absolute atomic E-state index is 0.0676. The Morgan fingerprint density at radius 2 is 1.85 bits per heavy atom. The number of carboxylic acids is 1. The lowest BCUT2D eigenvalue weighted by Gasteiger charge is -2.22. The maximum atomic E-state index is 12.0. The van der Waals surface area contributed by atoms with E-state index < -0.39 is 24.1 Å². The molecule has 0 aliphatic carbocycles. The summed E-state index contributed by atoms with van der Waals surface area (Å²) in [7, 11) is 0. The Morgan fingerprint density at radius 1 is 1.15 bits per heavy atom. The van der Waals surface area contributed by atoms with Crippen molar-refractivity contribution in [3.63, 3.8) is 0 Å². The molecule has 3 aromatic rings. The average Bonchev–Trinajstić information content (AvgIpc) is 3.08. The quantitative estimate of drug-likeness (QED) is 0.710. The zero-order valence-electron chi connectivity index (χ0n) is 14.2. The van der Waals surface area contributed by atoms with Crippen molar-refractivity contribution in [2.75, 3.05) is 0 Å². The highest BCUT2D eigenvalue weighted by atomic mass is 16.5. The highest BCUT2D eigenvalue weighted by molar-refractivity contribution is 5.82. The van der Waals surface area contributed by atoms with E-state index in [1.807, 2.05) is 54.6 Å². The third-order valence-electron chi connectivity index (χ3n) is 4.13. The summed E-state index contributed by atoms with van der Waals surface area (Å²) in [4.78, 5) is 23.7. The van der Waals surface area contributed by atoms with Crippen molar-refractivity contribution >= 4 is 23.0 Å². The first-order chi connectivity index (χ1) is 12.6. The van der Waals surface area contributed by atoms with Gasteiger partial charge in [0, 0.05) is 5.39 Å². The molecule has 3 rings (SSSR count). The topological polar surface area (TPSA) is 93.5 Å². The van der Waals surface area contributed by atoms with Crippen LogP contribution in [0.25, 0.3) is 10.9 Å². The van der Waals surface area contributed by atoms with Gasteiger partial charge in [-0.15, -0.1) is 0 Å². The van der Waals surface area contributed by atoms with Crippen LogP contribution in [0.5, 0.6) is 0 Å². The van der Waals surface area contributed by atoms with E-state index in [1.165, 1.54) is 0 Å². The molecule has 0 fully saturated rings. The number of aliphatic carboxylic acids is 1. The van der Waals surface area contributed by atoms with Gasteiger partial charge in [0.25, 0.3) is 0 Å². The molecule has 1 amide bonds. The summed E-state index contributed by atoms with van der Waals surface area (Å²) >= 11 is 0. The summed E-state index contributed by atoms with van der Waals surface area (Å²) in [6.45, 7) is 1.76. The molecule has 0 bridgehead atoms. The standard InChI is InChI=1S/C19H19N3O4/c1-13(22-16-10-6-5-9-15(16)11-20-22)17(18(23)24)21-19(25)26-12-14-7-3-2-4-8-14/h2-11,13,17H,12H2,1H3,(H,21,25)(H,23,24). The number of hydrogen-bond donors (Lipinski definition) is 2. The van der Waals surface area contributed by atoms with Gasteiger partial charge in [0.05, 0.1) is 17.8 Å². The van der Waals surface area contributed by atoms with Gasteiger partial charge in [0.1, 0.15) is 6.61 Å². The normalized spacial score (nSPS) is 13.1. The smallest absolute Gasteiger partial charge is 0.408 e.